The summed E-state index contributed by atoms with van der Waals surface area (Å²) >= 11 is 5.91. The molecule has 19 heavy (non-hydrogen) atoms. The fraction of sp³-hybridized carbons (Fsp3) is 0.500. The summed E-state index contributed by atoms with van der Waals surface area (Å²) in [5.74, 6) is 0.201. The number of methoxy groups -OCH3 is 1. The van der Waals surface area contributed by atoms with Crippen molar-refractivity contribution in [2.75, 3.05) is 32.2 Å². The van der Waals surface area contributed by atoms with Gasteiger partial charge in [-0.15, -0.1) is 0 Å². The molecule has 1 N–H and O–H groups in total. The Hall–Kier alpha value is -1.26. The van der Waals surface area contributed by atoms with Crippen LogP contribution in [0.25, 0.3) is 0 Å². The second-order valence-corrected chi connectivity index (χ2v) is 5.05. The lowest BCUT2D eigenvalue weighted by molar-refractivity contribution is 0.0601. The van der Waals surface area contributed by atoms with Crippen molar-refractivity contribution in [2.45, 2.75) is 12.8 Å². The second kappa shape index (κ2) is 6.78. The van der Waals surface area contributed by atoms with E-state index in [0.29, 0.717) is 16.5 Å². The van der Waals surface area contributed by atoms with Crippen molar-refractivity contribution in [2.24, 2.45) is 5.92 Å². The van der Waals surface area contributed by atoms with Crippen LogP contribution in [-0.4, -0.2) is 32.8 Å². The Bertz CT molecular complexity index is 444. The van der Waals surface area contributed by atoms with Gasteiger partial charge in [0.1, 0.15) is 0 Å². The van der Waals surface area contributed by atoms with Crippen molar-refractivity contribution in [3.63, 3.8) is 0 Å². The molecule has 0 aliphatic carbocycles. The van der Waals surface area contributed by atoms with Gasteiger partial charge in [0.15, 0.2) is 0 Å². The van der Waals surface area contributed by atoms with Crippen LogP contribution < -0.4 is 5.32 Å². The number of anilines is 1. The van der Waals surface area contributed by atoms with Crippen LogP contribution in [0.2, 0.25) is 5.02 Å². The molecule has 104 valence electrons. The summed E-state index contributed by atoms with van der Waals surface area (Å²) in [4.78, 5) is 11.7. The van der Waals surface area contributed by atoms with Crippen LogP contribution in [0.15, 0.2) is 18.2 Å². The number of hydrogen-bond acceptors (Lipinski definition) is 4. The number of rotatable bonds is 4. The molecule has 0 amide bonds. The van der Waals surface area contributed by atoms with Gasteiger partial charge < -0.3 is 14.8 Å². The van der Waals surface area contributed by atoms with E-state index in [4.69, 9.17) is 21.1 Å². The van der Waals surface area contributed by atoms with Crippen molar-refractivity contribution in [3.05, 3.63) is 28.8 Å². The third-order valence-electron chi connectivity index (χ3n) is 3.31. The summed E-state index contributed by atoms with van der Waals surface area (Å²) in [5.41, 5.74) is 1.24. The lowest BCUT2D eigenvalue weighted by atomic mass is 10.00. The van der Waals surface area contributed by atoms with Gasteiger partial charge in [0.2, 0.25) is 0 Å². The van der Waals surface area contributed by atoms with E-state index in [2.05, 4.69) is 5.32 Å². The van der Waals surface area contributed by atoms with Crippen molar-refractivity contribution in [3.8, 4) is 0 Å². The van der Waals surface area contributed by atoms with E-state index in [1.54, 1.807) is 12.1 Å². The van der Waals surface area contributed by atoms with Gasteiger partial charge in [-0.1, -0.05) is 11.6 Å². The molecule has 1 aliphatic heterocycles. The number of ether oxygens (including phenoxy) is 2. The molecule has 5 heteroatoms. The maximum Gasteiger partial charge on any atom is 0.340 e. The minimum Gasteiger partial charge on any atom is -0.465 e. The molecule has 0 radical (unpaired) electrons. The highest BCUT2D eigenvalue weighted by atomic mass is 35.5. The molecule has 0 bridgehead atoms. The van der Waals surface area contributed by atoms with E-state index in [-0.39, 0.29) is 5.97 Å². The zero-order chi connectivity index (χ0) is 13.7. The summed E-state index contributed by atoms with van der Waals surface area (Å²) in [6.45, 7) is 2.46. The Morgan fingerprint density at radius 3 is 2.89 bits per heavy atom. The molecule has 1 heterocycles. The molecule has 4 nitrogen and oxygen atoms in total. The van der Waals surface area contributed by atoms with Crippen LogP contribution in [0.3, 0.4) is 0 Å². The van der Waals surface area contributed by atoms with E-state index in [1.165, 1.54) is 7.11 Å². The standard InChI is InChI=1S/C14H18ClNO3/c1-18-14(17)12-8-11(15)2-3-13(12)16-9-10-4-6-19-7-5-10/h2-3,8,10,16H,4-7,9H2,1H3. The summed E-state index contributed by atoms with van der Waals surface area (Å²) in [5, 5.41) is 3.84. The van der Waals surface area contributed by atoms with Crippen molar-refractivity contribution in [1.29, 1.82) is 0 Å². The molecular weight excluding hydrogens is 266 g/mol. The fourth-order valence-electron chi connectivity index (χ4n) is 2.15. The summed E-state index contributed by atoms with van der Waals surface area (Å²) in [6.07, 6.45) is 2.10. The molecule has 1 fully saturated rings. The number of hydrogen-bond donors (Lipinski definition) is 1. The highest BCUT2D eigenvalue weighted by Gasteiger charge is 2.16. The number of halogens is 1. The van der Waals surface area contributed by atoms with E-state index in [0.717, 1.165) is 38.3 Å². The monoisotopic (exact) mass is 283 g/mol. The number of esters is 1. The van der Waals surface area contributed by atoms with Crippen LogP contribution in [0.5, 0.6) is 0 Å². The number of nitrogens with one attached hydrogen (secondary N) is 1. The Balaban J connectivity index is 2.04. The Morgan fingerprint density at radius 1 is 1.47 bits per heavy atom. The maximum atomic E-state index is 11.7. The van der Waals surface area contributed by atoms with E-state index in [9.17, 15) is 4.79 Å². The quantitative estimate of drug-likeness (QED) is 0.863. The van der Waals surface area contributed by atoms with Crippen LogP contribution >= 0.6 is 11.6 Å². The van der Waals surface area contributed by atoms with Crippen molar-refractivity contribution < 1.29 is 14.3 Å². The van der Waals surface area contributed by atoms with Crippen LogP contribution in [0, 0.1) is 5.92 Å². The Kier molecular flexibility index (Phi) is 5.05. The van der Waals surface area contributed by atoms with E-state index < -0.39 is 0 Å². The smallest absolute Gasteiger partial charge is 0.340 e. The molecule has 0 atom stereocenters. The van der Waals surface area contributed by atoms with E-state index >= 15 is 0 Å². The van der Waals surface area contributed by atoms with Gasteiger partial charge in [-0.2, -0.15) is 0 Å². The largest absolute Gasteiger partial charge is 0.465 e. The van der Waals surface area contributed by atoms with Gasteiger partial charge in [-0.25, -0.2) is 4.79 Å². The van der Waals surface area contributed by atoms with Crippen molar-refractivity contribution >= 4 is 23.3 Å². The van der Waals surface area contributed by atoms with Gasteiger partial charge in [0.25, 0.3) is 0 Å². The third-order valence-corrected chi connectivity index (χ3v) is 3.54. The topological polar surface area (TPSA) is 47.6 Å². The van der Waals surface area contributed by atoms with Crippen LogP contribution in [0.4, 0.5) is 5.69 Å². The van der Waals surface area contributed by atoms with Gasteiger partial charge in [-0.3, -0.25) is 0 Å². The molecule has 0 aromatic heterocycles. The number of carbonyl (C=O) groups excluding carboxylic acids is 1. The summed E-state index contributed by atoms with van der Waals surface area (Å²) in [7, 11) is 1.37. The van der Waals surface area contributed by atoms with Crippen LogP contribution in [0.1, 0.15) is 23.2 Å². The van der Waals surface area contributed by atoms with Gasteiger partial charge in [0.05, 0.1) is 12.7 Å². The number of carbonyl (C=O) groups is 1. The summed E-state index contributed by atoms with van der Waals surface area (Å²) in [6, 6.07) is 5.20. The third kappa shape index (κ3) is 3.85. The average molecular weight is 284 g/mol. The Morgan fingerprint density at radius 2 is 2.21 bits per heavy atom. The molecule has 0 spiro atoms. The van der Waals surface area contributed by atoms with E-state index in [1.807, 2.05) is 6.07 Å². The Labute approximate surface area is 118 Å². The SMILES string of the molecule is COC(=O)c1cc(Cl)ccc1NCC1CCOCC1. The molecule has 0 unspecified atom stereocenters. The fourth-order valence-corrected chi connectivity index (χ4v) is 2.33. The molecule has 1 saturated heterocycles. The molecule has 1 aromatic rings. The molecule has 2 rings (SSSR count). The van der Waals surface area contributed by atoms with Crippen LogP contribution in [-0.2, 0) is 9.47 Å². The van der Waals surface area contributed by atoms with Gasteiger partial charge in [-0.05, 0) is 37.0 Å². The van der Waals surface area contributed by atoms with Gasteiger partial charge >= 0.3 is 5.97 Å². The molecule has 1 aliphatic rings. The molecule has 1 aromatic carbocycles. The van der Waals surface area contributed by atoms with Crippen molar-refractivity contribution in [1.82, 2.24) is 0 Å². The first kappa shape index (κ1) is 14.2. The lowest BCUT2D eigenvalue weighted by Gasteiger charge is -2.23. The minimum atomic E-state index is -0.378. The molecular formula is C14H18ClNO3. The first-order valence-corrected chi connectivity index (χ1v) is 6.78. The maximum absolute atomic E-state index is 11.7. The lowest BCUT2D eigenvalue weighted by Crippen LogP contribution is -2.23. The predicted molar refractivity (Wildman–Crippen MR) is 74.8 cm³/mol. The highest BCUT2D eigenvalue weighted by molar-refractivity contribution is 6.31. The minimum absolute atomic E-state index is 0.378. The predicted octanol–water partition coefficient (Wildman–Crippen LogP) is 2.97. The second-order valence-electron chi connectivity index (χ2n) is 4.62. The zero-order valence-electron chi connectivity index (χ0n) is 10.9. The first-order valence-electron chi connectivity index (χ1n) is 6.40. The highest BCUT2D eigenvalue weighted by Crippen LogP contribution is 2.23. The average Bonchev–Trinajstić information content (AvgIpc) is 2.46. The first-order chi connectivity index (χ1) is 9.20. The zero-order valence-corrected chi connectivity index (χ0v) is 11.7. The summed E-state index contributed by atoms with van der Waals surface area (Å²) < 4.78 is 10.1. The normalized spacial score (nSPS) is 16.1. The molecule has 0 saturated carbocycles. The van der Waals surface area contributed by atoms with Gasteiger partial charge in [0, 0.05) is 30.5 Å². The number of benzene rings is 1.